The Bertz CT molecular complexity index is 1280. The van der Waals surface area contributed by atoms with Gasteiger partial charge in [-0.3, -0.25) is 19.3 Å². The lowest BCUT2D eigenvalue weighted by molar-refractivity contribution is -0.123. The molecule has 1 aliphatic carbocycles. The van der Waals surface area contributed by atoms with Crippen LogP contribution in [0.25, 0.3) is 0 Å². The van der Waals surface area contributed by atoms with Crippen LogP contribution < -0.4 is 26.6 Å². The van der Waals surface area contributed by atoms with Crippen LogP contribution in [-0.2, 0) is 4.79 Å². The number of hydrogen-bond donors (Lipinski definition) is 3. The Morgan fingerprint density at radius 1 is 1.00 bits per heavy atom. The van der Waals surface area contributed by atoms with Crippen molar-refractivity contribution in [2.75, 3.05) is 29.6 Å². The molecule has 5 N–H and O–H groups in total. The van der Waals surface area contributed by atoms with Crippen molar-refractivity contribution in [2.24, 2.45) is 5.73 Å². The average molecular weight is 521 g/mol. The number of benzene rings is 2. The van der Waals surface area contributed by atoms with Crippen molar-refractivity contribution in [1.29, 1.82) is 0 Å². The van der Waals surface area contributed by atoms with Gasteiger partial charge in [0.05, 0.1) is 5.69 Å². The lowest BCUT2D eigenvalue weighted by Gasteiger charge is -2.32. The van der Waals surface area contributed by atoms with Crippen LogP contribution in [-0.4, -0.2) is 42.2 Å². The SMILES string of the molecule is Cc1ccc(N(C(=O)c2snc(C(N)=O)c2N)[C@H](C(=O)NC2CCCC2)c2ccc(N(C)C)cc2)cc1. The molecule has 3 amide bonds. The van der Waals surface area contributed by atoms with Crippen LogP contribution >= 0.6 is 11.5 Å². The maximum Gasteiger partial charge on any atom is 0.273 e. The fourth-order valence-electron chi connectivity index (χ4n) is 4.55. The molecule has 1 aliphatic rings. The normalized spacial score (nSPS) is 14.2. The molecule has 10 heteroatoms. The van der Waals surface area contributed by atoms with Gasteiger partial charge in [-0.2, -0.15) is 4.37 Å². The van der Waals surface area contributed by atoms with E-state index in [1.807, 2.05) is 62.3 Å². The molecule has 1 heterocycles. The highest BCUT2D eigenvalue weighted by molar-refractivity contribution is 7.09. The van der Waals surface area contributed by atoms with Gasteiger partial charge in [0.2, 0.25) is 5.91 Å². The van der Waals surface area contributed by atoms with E-state index in [-0.39, 0.29) is 28.2 Å². The Balaban J connectivity index is 1.85. The zero-order valence-electron chi connectivity index (χ0n) is 21.2. The van der Waals surface area contributed by atoms with Crippen molar-refractivity contribution >= 4 is 46.3 Å². The summed E-state index contributed by atoms with van der Waals surface area (Å²) in [6, 6.07) is 14.0. The quantitative estimate of drug-likeness (QED) is 0.415. The lowest BCUT2D eigenvalue weighted by atomic mass is 10.0. The summed E-state index contributed by atoms with van der Waals surface area (Å²) in [6.45, 7) is 1.94. The number of anilines is 3. The number of carbonyl (C=O) groups is 3. The van der Waals surface area contributed by atoms with Gasteiger partial charge < -0.3 is 21.7 Å². The molecular formula is C27H32N6O3S. The molecule has 1 fully saturated rings. The van der Waals surface area contributed by atoms with Gasteiger partial charge in [0.25, 0.3) is 11.8 Å². The lowest BCUT2D eigenvalue weighted by Crippen LogP contribution is -2.46. The second kappa shape index (κ2) is 11.0. The second-order valence-electron chi connectivity index (χ2n) is 9.53. The third-order valence-electron chi connectivity index (χ3n) is 6.62. The third kappa shape index (κ3) is 5.59. The highest BCUT2D eigenvalue weighted by Crippen LogP contribution is 2.34. The molecule has 0 saturated heterocycles. The zero-order valence-corrected chi connectivity index (χ0v) is 22.0. The van der Waals surface area contributed by atoms with Crippen molar-refractivity contribution < 1.29 is 14.4 Å². The summed E-state index contributed by atoms with van der Waals surface area (Å²) in [5.41, 5.74) is 14.4. The topological polar surface area (TPSA) is 135 Å². The van der Waals surface area contributed by atoms with Crippen LogP contribution in [0.5, 0.6) is 0 Å². The van der Waals surface area contributed by atoms with E-state index in [1.165, 1.54) is 4.90 Å². The number of nitrogen functional groups attached to an aromatic ring is 1. The molecule has 0 radical (unpaired) electrons. The van der Waals surface area contributed by atoms with Crippen molar-refractivity contribution in [3.8, 4) is 0 Å². The maximum atomic E-state index is 14.1. The van der Waals surface area contributed by atoms with Crippen LogP contribution in [0.1, 0.15) is 63.0 Å². The van der Waals surface area contributed by atoms with Crippen molar-refractivity contribution in [3.63, 3.8) is 0 Å². The maximum absolute atomic E-state index is 14.1. The van der Waals surface area contributed by atoms with E-state index >= 15 is 0 Å². The third-order valence-corrected chi connectivity index (χ3v) is 7.47. The van der Waals surface area contributed by atoms with Gasteiger partial charge in [-0.1, -0.05) is 42.7 Å². The van der Waals surface area contributed by atoms with E-state index in [1.54, 1.807) is 12.1 Å². The van der Waals surface area contributed by atoms with E-state index in [0.29, 0.717) is 11.3 Å². The molecule has 2 aromatic carbocycles. The first-order valence-corrected chi connectivity index (χ1v) is 13.0. The Kier molecular flexibility index (Phi) is 7.77. The first-order valence-electron chi connectivity index (χ1n) is 12.2. The molecular weight excluding hydrogens is 488 g/mol. The average Bonchev–Trinajstić information content (AvgIpc) is 3.52. The van der Waals surface area contributed by atoms with Crippen LogP contribution in [0.2, 0.25) is 0 Å². The summed E-state index contributed by atoms with van der Waals surface area (Å²) < 4.78 is 4.01. The second-order valence-corrected chi connectivity index (χ2v) is 10.3. The molecule has 4 rings (SSSR count). The minimum Gasteiger partial charge on any atom is -0.395 e. The number of carbonyl (C=O) groups excluding carboxylic acids is 3. The number of aryl methyl sites for hydroxylation is 1. The van der Waals surface area contributed by atoms with Crippen molar-refractivity contribution in [1.82, 2.24) is 9.69 Å². The number of hydrogen-bond acceptors (Lipinski definition) is 7. The monoisotopic (exact) mass is 520 g/mol. The van der Waals surface area contributed by atoms with E-state index < -0.39 is 17.9 Å². The molecule has 1 saturated carbocycles. The van der Waals surface area contributed by atoms with Gasteiger partial charge in [-0.05, 0) is 61.1 Å². The minimum atomic E-state index is -0.981. The standard InChI is InChI=1S/C27H32N6O3S/c1-16-8-12-20(13-9-16)33(27(36)24-21(28)22(25(29)34)31-37-24)23(26(35)30-18-6-4-5-7-18)17-10-14-19(15-11-17)32(2)3/h8-15,18,23H,4-7,28H2,1-3H3,(H2,29,34)(H,30,35)/t23-/m0/s1. The first-order chi connectivity index (χ1) is 17.7. The Hall–Kier alpha value is -3.92. The van der Waals surface area contributed by atoms with E-state index in [0.717, 1.165) is 48.5 Å². The number of aromatic nitrogens is 1. The highest BCUT2D eigenvalue weighted by Gasteiger charge is 2.37. The van der Waals surface area contributed by atoms with Crippen LogP contribution in [0.4, 0.5) is 17.1 Å². The summed E-state index contributed by atoms with van der Waals surface area (Å²) in [5, 5.41) is 3.16. The number of amides is 3. The molecule has 37 heavy (non-hydrogen) atoms. The fraction of sp³-hybridized carbons (Fsp3) is 0.333. The molecule has 194 valence electrons. The van der Waals surface area contributed by atoms with E-state index in [4.69, 9.17) is 11.5 Å². The van der Waals surface area contributed by atoms with Crippen molar-refractivity contribution in [3.05, 3.63) is 70.2 Å². The van der Waals surface area contributed by atoms with Crippen LogP contribution in [0, 0.1) is 6.92 Å². The summed E-state index contributed by atoms with van der Waals surface area (Å²) >= 11 is 0.797. The zero-order chi connectivity index (χ0) is 26.7. The summed E-state index contributed by atoms with van der Waals surface area (Å²) in [6.07, 6.45) is 3.92. The molecule has 1 atom stereocenters. The van der Waals surface area contributed by atoms with E-state index in [2.05, 4.69) is 9.69 Å². The van der Waals surface area contributed by atoms with Gasteiger partial charge in [0, 0.05) is 31.5 Å². The Morgan fingerprint density at radius 3 is 2.14 bits per heavy atom. The highest BCUT2D eigenvalue weighted by atomic mass is 32.1. The minimum absolute atomic E-state index is 0.0537. The Labute approximate surface area is 220 Å². The van der Waals surface area contributed by atoms with Gasteiger partial charge >= 0.3 is 0 Å². The fourth-order valence-corrected chi connectivity index (χ4v) is 5.29. The number of primary amides is 1. The van der Waals surface area contributed by atoms with Crippen LogP contribution in [0.15, 0.2) is 48.5 Å². The molecule has 0 unspecified atom stereocenters. The first kappa shape index (κ1) is 26.2. The number of nitrogens with one attached hydrogen (secondary N) is 1. The van der Waals surface area contributed by atoms with E-state index in [9.17, 15) is 14.4 Å². The molecule has 9 nitrogen and oxygen atoms in total. The summed E-state index contributed by atoms with van der Waals surface area (Å²) in [5.74, 6) is -1.63. The molecule has 0 aliphatic heterocycles. The van der Waals surface area contributed by atoms with Gasteiger partial charge in [0.15, 0.2) is 5.69 Å². The van der Waals surface area contributed by atoms with Gasteiger partial charge in [-0.25, -0.2) is 0 Å². The number of nitrogens with zero attached hydrogens (tertiary/aromatic N) is 3. The predicted octanol–water partition coefficient (Wildman–Crippen LogP) is 3.65. The Morgan fingerprint density at radius 2 is 1.59 bits per heavy atom. The number of rotatable bonds is 8. The summed E-state index contributed by atoms with van der Waals surface area (Å²) in [4.78, 5) is 43.2. The van der Waals surface area contributed by atoms with Crippen molar-refractivity contribution in [2.45, 2.75) is 44.7 Å². The molecule has 1 aromatic heterocycles. The van der Waals surface area contributed by atoms with Crippen LogP contribution in [0.3, 0.4) is 0 Å². The predicted molar refractivity (Wildman–Crippen MR) is 147 cm³/mol. The van der Waals surface area contributed by atoms with Gasteiger partial charge in [0.1, 0.15) is 10.9 Å². The molecule has 0 spiro atoms. The molecule has 3 aromatic rings. The molecule has 0 bridgehead atoms. The number of nitrogens with two attached hydrogens (primary N) is 2. The smallest absolute Gasteiger partial charge is 0.273 e. The summed E-state index contributed by atoms with van der Waals surface area (Å²) in [7, 11) is 3.87. The largest absolute Gasteiger partial charge is 0.395 e. The van der Waals surface area contributed by atoms with Gasteiger partial charge in [-0.15, -0.1) is 0 Å².